The molecule has 1 rings (SSSR count). The Morgan fingerprint density at radius 1 is 1.29 bits per heavy atom. The second kappa shape index (κ2) is 6.41. The van der Waals surface area contributed by atoms with E-state index in [0.717, 1.165) is 25.7 Å². The Kier molecular flexibility index (Phi) is 5.05. The third-order valence-electron chi connectivity index (χ3n) is 2.24. The summed E-state index contributed by atoms with van der Waals surface area (Å²) in [4.78, 5) is 11.3. The number of hydrogen-bond acceptors (Lipinski definition) is 2. The SMILES string of the molecule is CC1/C=C\C/C=C\CCCCOC1=O. The highest BCUT2D eigenvalue weighted by Gasteiger charge is 2.09. The van der Waals surface area contributed by atoms with E-state index in [-0.39, 0.29) is 11.9 Å². The van der Waals surface area contributed by atoms with Gasteiger partial charge >= 0.3 is 5.97 Å². The maximum atomic E-state index is 11.3. The number of carbonyl (C=O) groups excluding carboxylic acids is 1. The summed E-state index contributed by atoms with van der Waals surface area (Å²) in [6.45, 7) is 2.43. The maximum Gasteiger partial charge on any atom is 0.312 e. The topological polar surface area (TPSA) is 26.3 Å². The Morgan fingerprint density at radius 3 is 3.00 bits per heavy atom. The second-order valence-corrected chi connectivity index (χ2v) is 3.59. The normalized spacial score (nSPS) is 29.5. The number of esters is 1. The molecule has 0 bridgehead atoms. The monoisotopic (exact) mass is 194 g/mol. The van der Waals surface area contributed by atoms with E-state index in [1.165, 1.54) is 0 Å². The van der Waals surface area contributed by atoms with Crippen molar-refractivity contribution in [2.45, 2.75) is 32.6 Å². The summed E-state index contributed by atoms with van der Waals surface area (Å²) in [5.74, 6) is -0.214. The van der Waals surface area contributed by atoms with Crippen LogP contribution in [0.4, 0.5) is 0 Å². The van der Waals surface area contributed by atoms with Gasteiger partial charge in [-0.1, -0.05) is 24.3 Å². The lowest BCUT2D eigenvalue weighted by atomic mass is 10.1. The highest BCUT2D eigenvalue weighted by molar-refractivity contribution is 5.73. The fourth-order valence-corrected chi connectivity index (χ4v) is 1.32. The molecule has 0 radical (unpaired) electrons. The lowest BCUT2D eigenvalue weighted by molar-refractivity contribution is -0.146. The predicted octanol–water partition coefficient (Wildman–Crippen LogP) is 2.85. The zero-order valence-electron chi connectivity index (χ0n) is 8.74. The van der Waals surface area contributed by atoms with Gasteiger partial charge in [-0.25, -0.2) is 0 Å². The third-order valence-corrected chi connectivity index (χ3v) is 2.24. The highest BCUT2D eigenvalue weighted by atomic mass is 16.5. The molecule has 0 spiro atoms. The minimum Gasteiger partial charge on any atom is -0.465 e. The van der Waals surface area contributed by atoms with Gasteiger partial charge in [-0.3, -0.25) is 4.79 Å². The Morgan fingerprint density at radius 2 is 2.14 bits per heavy atom. The molecule has 1 atom stereocenters. The quantitative estimate of drug-likeness (QED) is 0.438. The molecule has 0 amide bonds. The average Bonchev–Trinajstić information content (AvgIpc) is 2.18. The molecule has 0 saturated heterocycles. The first-order valence-corrected chi connectivity index (χ1v) is 5.29. The zero-order valence-corrected chi connectivity index (χ0v) is 8.74. The van der Waals surface area contributed by atoms with Crippen molar-refractivity contribution in [3.8, 4) is 0 Å². The van der Waals surface area contributed by atoms with Crippen molar-refractivity contribution in [2.75, 3.05) is 6.61 Å². The van der Waals surface area contributed by atoms with Gasteiger partial charge in [0.1, 0.15) is 0 Å². The summed E-state index contributed by atoms with van der Waals surface area (Å²) in [6, 6.07) is 0. The summed E-state index contributed by atoms with van der Waals surface area (Å²) in [5, 5.41) is 0. The van der Waals surface area contributed by atoms with Crippen LogP contribution in [0.3, 0.4) is 0 Å². The number of ether oxygens (including phenoxy) is 1. The van der Waals surface area contributed by atoms with E-state index < -0.39 is 0 Å². The molecule has 2 nitrogen and oxygen atoms in total. The first-order valence-electron chi connectivity index (χ1n) is 5.29. The van der Waals surface area contributed by atoms with Crippen LogP contribution in [0.1, 0.15) is 32.6 Å². The first-order chi connectivity index (χ1) is 6.80. The fraction of sp³-hybridized carbons (Fsp3) is 0.583. The van der Waals surface area contributed by atoms with Crippen LogP contribution in [0.5, 0.6) is 0 Å². The van der Waals surface area contributed by atoms with Crippen LogP contribution in [0, 0.1) is 5.92 Å². The van der Waals surface area contributed by atoms with Crippen LogP contribution in [0.2, 0.25) is 0 Å². The van der Waals surface area contributed by atoms with Crippen molar-refractivity contribution in [1.82, 2.24) is 0 Å². The average molecular weight is 194 g/mol. The van der Waals surface area contributed by atoms with E-state index in [0.29, 0.717) is 6.61 Å². The predicted molar refractivity (Wildman–Crippen MR) is 56.9 cm³/mol. The molecule has 1 aliphatic heterocycles. The molecular formula is C12H18O2. The van der Waals surface area contributed by atoms with Gasteiger partial charge in [-0.15, -0.1) is 0 Å². The standard InChI is InChI=1S/C12H18O2/c1-11-9-7-5-3-2-4-6-8-10-14-12(11)13/h2-3,7,9,11H,4-6,8,10H2,1H3/b3-2-,9-7-. The molecule has 0 saturated carbocycles. The first kappa shape index (κ1) is 11.0. The molecule has 0 N–H and O–H groups in total. The van der Waals surface area contributed by atoms with Crippen LogP contribution < -0.4 is 0 Å². The fourth-order valence-electron chi connectivity index (χ4n) is 1.32. The molecule has 0 fully saturated rings. The minimum atomic E-state index is -0.108. The van der Waals surface area contributed by atoms with Crippen LogP contribution in [-0.2, 0) is 9.53 Å². The molecular weight excluding hydrogens is 176 g/mol. The summed E-state index contributed by atoms with van der Waals surface area (Å²) in [7, 11) is 0. The molecule has 1 unspecified atom stereocenters. The van der Waals surface area contributed by atoms with Crippen molar-refractivity contribution in [3.63, 3.8) is 0 Å². The molecule has 0 aliphatic carbocycles. The summed E-state index contributed by atoms with van der Waals surface area (Å²) in [6.07, 6.45) is 12.3. The Labute approximate surface area is 85.6 Å². The maximum absolute atomic E-state index is 11.3. The molecule has 78 valence electrons. The molecule has 0 aromatic heterocycles. The van der Waals surface area contributed by atoms with Crippen molar-refractivity contribution in [3.05, 3.63) is 24.3 Å². The summed E-state index contributed by atoms with van der Waals surface area (Å²) < 4.78 is 5.11. The van der Waals surface area contributed by atoms with Gasteiger partial charge in [-0.2, -0.15) is 0 Å². The largest absolute Gasteiger partial charge is 0.465 e. The number of carbonyl (C=O) groups is 1. The molecule has 1 heterocycles. The van der Waals surface area contributed by atoms with Crippen LogP contribution in [-0.4, -0.2) is 12.6 Å². The lowest BCUT2D eigenvalue weighted by Gasteiger charge is -2.07. The van der Waals surface area contributed by atoms with Crippen molar-refractivity contribution in [1.29, 1.82) is 0 Å². The van der Waals surface area contributed by atoms with Gasteiger partial charge in [0.25, 0.3) is 0 Å². The lowest BCUT2D eigenvalue weighted by Crippen LogP contribution is -2.13. The van der Waals surface area contributed by atoms with Crippen LogP contribution in [0.25, 0.3) is 0 Å². The van der Waals surface area contributed by atoms with E-state index in [2.05, 4.69) is 12.2 Å². The number of allylic oxidation sites excluding steroid dienone is 3. The van der Waals surface area contributed by atoms with Gasteiger partial charge in [0, 0.05) is 0 Å². The van der Waals surface area contributed by atoms with E-state index in [1.54, 1.807) is 0 Å². The zero-order chi connectivity index (χ0) is 10.2. The third kappa shape index (κ3) is 4.26. The van der Waals surface area contributed by atoms with Gasteiger partial charge in [-0.05, 0) is 32.6 Å². The van der Waals surface area contributed by atoms with Gasteiger partial charge in [0.15, 0.2) is 0 Å². The Balaban J connectivity index is 2.48. The minimum absolute atomic E-state index is 0.106. The highest BCUT2D eigenvalue weighted by Crippen LogP contribution is 2.06. The van der Waals surface area contributed by atoms with E-state index in [4.69, 9.17) is 4.74 Å². The molecule has 0 aromatic rings. The van der Waals surface area contributed by atoms with E-state index >= 15 is 0 Å². The van der Waals surface area contributed by atoms with E-state index in [9.17, 15) is 4.79 Å². The molecule has 1 aliphatic rings. The van der Waals surface area contributed by atoms with Gasteiger partial charge in [0.2, 0.25) is 0 Å². The van der Waals surface area contributed by atoms with E-state index in [1.807, 2.05) is 19.1 Å². The van der Waals surface area contributed by atoms with Gasteiger partial charge in [0.05, 0.1) is 12.5 Å². The second-order valence-electron chi connectivity index (χ2n) is 3.59. The van der Waals surface area contributed by atoms with Crippen molar-refractivity contribution < 1.29 is 9.53 Å². The Hall–Kier alpha value is -1.05. The molecule has 0 aromatic carbocycles. The number of cyclic esters (lactones) is 1. The Bertz CT molecular complexity index is 228. The van der Waals surface area contributed by atoms with Crippen LogP contribution in [0.15, 0.2) is 24.3 Å². The molecule has 2 heteroatoms. The summed E-state index contributed by atoms with van der Waals surface area (Å²) >= 11 is 0. The molecule has 14 heavy (non-hydrogen) atoms. The van der Waals surface area contributed by atoms with Gasteiger partial charge < -0.3 is 4.74 Å². The number of rotatable bonds is 0. The number of hydrogen-bond donors (Lipinski definition) is 0. The van der Waals surface area contributed by atoms with Crippen molar-refractivity contribution >= 4 is 5.97 Å². The smallest absolute Gasteiger partial charge is 0.312 e. The van der Waals surface area contributed by atoms with Crippen LogP contribution >= 0.6 is 0 Å². The summed E-state index contributed by atoms with van der Waals surface area (Å²) in [5.41, 5.74) is 0. The van der Waals surface area contributed by atoms with Crippen molar-refractivity contribution in [2.24, 2.45) is 5.92 Å².